The fourth-order valence-corrected chi connectivity index (χ4v) is 0.960. The van der Waals surface area contributed by atoms with Crippen molar-refractivity contribution in [2.75, 3.05) is 0 Å². The summed E-state index contributed by atoms with van der Waals surface area (Å²) < 4.78 is 0. The lowest BCUT2D eigenvalue weighted by Crippen LogP contribution is -2.06. The van der Waals surface area contributed by atoms with E-state index in [1.165, 1.54) is 0 Å². The highest BCUT2D eigenvalue weighted by atomic mass is 35.5. The van der Waals surface area contributed by atoms with Gasteiger partial charge in [0.15, 0.2) is 0 Å². The van der Waals surface area contributed by atoms with Crippen LogP contribution in [0.5, 0.6) is 0 Å². The molecule has 2 heteroatoms. The smallest absolute Gasteiger partial charge is 0.0638 e. The van der Waals surface area contributed by atoms with E-state index in [0.717, 1.165) is 5.56 Å². The lowest BCUT2D eigenvalue weighted by atomic mass is 10.0. The quantitative estimate of drug-likeness (QED) is 0.611. The SMILES string of the molecule is CC(C)(Cl)c1ccccc1.CC(C)Cl. The highest BCUT2D eigenvalue weighted by Crippen LogP contribution is 2.26. The summed E-state index contributed by atoms with van der Waals surface area (Å²) in [6.45, 7) is 7.84. The molecule has 0 N–H and O–H groups in total. The topological polar surface area (TPSA) is 0 Å². The first-order chi connectivity index (χ1) is 6.34. The normalized spacial score (nSPS) is 10.8. The summed E-state index contributed by atoms with van der Waals surface area (Å²) in [6, 6.07) is 10.1. The Bertz CT molecular complexity index is 231. The zero-order valence-corrected chi connectivity index (χ0v) is 10.7. The standard InChI is InChI=1S/C9H11Cl.C3H7Cl/c1-9(2,10)8-6-4-3-5-7-8;1-3(2)4/h3-7H,1-2H3;3H,1-2H3. The Morgan fingerprint density at radius 3 is 1.64 bits per heavy atom. The van der Waals surface area contributed by atoms with Crippen LogP contribution in [-0.4, -0.2) is 5.38 Å². The highest BCUT2D eigenvalue weighted by molar-refractivity contribution is 6.23. The van der Waals surface area contributed by atoms with Crippen molar-refractivity contribution in [1.29, 1.82) is 0 Å². The van der Waals surface area contributed by atoms with Gasteiger partial charge >= 0.3 is 0 Å². The number of halogens is 2. The molecule has 0 aliphatic rings. The summed E-state index contributed by atoms with van der Waals surface area (Å²) in [6.07, 6.45) is 0. The third kappa shape index (κ3) is 7.23. The van der Waals surface area contributed by atoms with Crippen molar-refractivity contribution in [3.63, 3.8) is 0 Å². The van der Waals surface area contributed by atoms with E-state index in [-0.39, 0.29) is 4.87 Å². The van der Waals surface area contributed by atoms with Crippen LogP contribution in [0, 0.1) is 0 Å². The molecular formula is C12H18Cl2. The Labute approximate surface area is 97.2 Å². The molecule has 0 fully saturated rings. The van der Waals surface area contributed by atoms with Gasteiger partial charge in [0.25, 0.3) is 0 Å². The minimum Gasteiger partial charge on any atom is -0.124 e. The molecule has 0 nitrogen and oxygen atoms in total. The number of rotatable bonds is 1. The van der Waals surface area contributed by atoms with Crippen LogP contribution in [0.4, 0.5) is 0 Å². The van der Waals surface area contributed by atoms with Gasteiger partial charge in [0.1, 0.15) is 0 Å². The molecular weight excluding hydrogens is 215 g/mol. The van der Waals surface area contributed by atoms with Crippen molar-refractivity contribution in [3.05, 3.63) is 35.9 Å². The maximum atomic E-state index is 6.06. The maximum absolute atomic E-state index is 6.06. The predicted molar refractivity (Wildman–Crippen MR) is 66.3 cm³/mol. The molecule has 0 bridgehead atoms. The zero-order chi connectivity index (χ0) is 11.2. The molecule has 1 aromatic rings. The number of benzene rings is 1. The second-order valence-corrected chi connectivity index (χ2v) is 5.67. The molecule has 0 heterocycles. The summed E-state index contributed by atoms with van der Waals surface area (Å²) >= 11 is 11.3. The molecule has 14 heavy (non-hydrogen) atoms. The molecule has 0 atom stereocenters. The van der Waals surface area contributed by atoms with Gasteiger partial charge in [0.2, 0.25) is 0 Å². The minimum absolute atomic E-state index is 0.235. The Morgan fingerprint density at radius 2 is 1.43 bits per heavy atom. The van der Waals surface area contributed by atoms with E-state index in [0.29, 0.717) is 5.38 Å². The molecule has 0 spiro atoms. The van der Waals surface area contributed by atoms with Crippen LogP contribution in [0.25, 0.3) is 0 Å². The van der Waals surface area contributed by atoms with Gasteiger partial charge in [-0.05, 0) is 33.3 Å². The lowest BCUT2D eigenvalue weighted by molar-refractivity contribution is 0.766. The first kappa shape index (κ1) is 13.8. The van der Waals surface area contributed by atoms with Gasteiger partial charge in [-0.2, -0.15) is 0 Å². The van der Waals surface area contributed by atoms with Crippen molar-refractivity contribution in [2.45, 2.75) is 37.9 Å². The van der Waals surface area contributed by atoms with Crippen molar-refractivity contribution < 1.29 is 0 Å². The number of hydrogen-bond donors (Lipinski definition) is 0. The van der Waals surface area contributed by atoms with Crippen LogP contribution in [-0.2, 0) is 4.87 Å². The second-order valence-electron chi connectivity index (χ2n) is 3.85. The molecule has 80 valence electrons. The number of alkyl halides is 2. The monoisotopic (exact) mass is 232 g/mol. The van der Waals surface area contributed by atoms with Gasteiger partial charge in [0.05, 0.1) is 4.87 Å². The molecule has 1 rings (SSSR count). The van der Waals surface area contributed by atoms with Crippen LogP contribution in [0.2, 0.25) is 0 Å². The van der Waals surface area contributed by atoms with Gasteiger partial charge in [-0.1, -0.05) is 30.3 Å². The van der Waals surface area contributed by atoms with Gasteiger partial charge < -0.3 is 0 Å². The fourth-order valence-electron chi connectivity index (χ4n) is 0.834. The van der Waals surface area contributed by atoms with Crippen molar-refractivity contribution >= 4 is 23.2 Å². The van der Waals surface area contributed by atoms with E-state index < -0.39 is 0 Å². The van der Waals surface area contributed by atoms with E-state index in [4.69, 9.17) is 23.2 Å². The van der Waals surface area contributed by atoms with E-state index in [9.17, 15) is 0 Å². The molecule has 0 saturated heterocycles. The van der Waals surface area contributed by atoms with Gasteiger partial charge in [-0.3, -0.25) is 0 Å². The minimum atomic E-state index is -0.235. The zero-order valence-electron chi connectivity index (χ0n) is 9.22. The van der Waals surface area contributed by atoms with Gasteiger partial charge in [0, 0.05) is 5.38 Å². The predicted octanol–water partition coefficient (Wildman–Crippen LogP) is 4.79. The fraction of sp³-hybridized carbons (Fsp3) is 0.500. The highest BCUT2D eigenvalue weighted by Gasteiger charge is 2.14. The van der Waals surface area contributed by atoms with Gasteiger partial charge in [-0.15, -0.1) is 23.2 Å². The Hall–Kier alpha value is -0.200. The summed E-state index contributed by atoms with van der Waals surface area (Å²) in [5.41, 5.74) is 1.16. The van der Waals surface area contributed by atoms with Crippen LogP contribution in [0.3, 0.4) is 0 Å². The summed E-state index contributed by atoms with van der Waals surface area (Å²) in [5.74, 6) is 0. The first-order valence-corrected chi connectivity index (χ1v) is 5.54. The lowest BCUT2D eigenvalue weighted by Gasteiger charge is -2.15. The van der Waals surface area contributed by atoms with Crippen LogP contribution < -0.4 is 0 Å². The number of hydrogen-bond acceptors (Lipinski definition) is 0. The summed E-state index contributed by atoms with van der Waals surface area (Å²) in [5, 5.41) is 0.306. The van der Waals surface area contributed by atoms with Crippen LogP contribution in [0.1, 0.15) is 33.3 Å². The largest absolute Gasteiger partial charge is 0.124 e. The molecule has 1 aromatic carbocycles. The summed E-state index contributed by atoms with van der Waals surface area (Å²) in [7, 11) is 0. The van der Waals surface area contributed by atoms with E-state index in [1.54, 1.807) is 0 Å². The molecule has 0 saturated carbocycles. The average molecular weight is 233 g/mol. The maximum Gasteiger partial charge on any atom is 0.0638 e. The average Bonchev–Trinajstić information content (AvgIpc) is 2.03. The van der Waals surface area contributed by atoms with E-state index >= 15 is 0 Å². The first-order valence-electron chi connectivity index (χ1n) is 4.72. The Balaban J connectivity index is 0.000000364. The Kier molecular flexibility index (Phi) is 6.22. The van der Waals surface area contributed by atoms with Crippen LogP contribution >= 0.6 is 23.2 Å². The third-order valence-electron chi connectivity index (χ3n) is 1.46. The van der Waals surface area contributed by atoms with Gasteiger partial charge in [-0.25, -0.2) is 0 Å². The van der Waals surface area contributed by atoms with Crippen molar-refractivity contribution in [3.8, 4) is 0 Å². The molecule has 0 amide bonds. The second kappa shape index (κ2) is 6.31. The van der Waals surface area contributed by atoms with Crippen molar-refractivity contribution in [2.24, 2.45) is 0 Å². The molecule has 0 aliphatic heterocycles. The molecule has 0 radical (unpaired) electrons. The third-order valence-corrected chi connectivity index (χ3v) is 1.68. The van der Waals surface area contributed by atoms with E-state index in [1.807, 2.05) is 58.0 Å². The van der Waals surface area contributed by atoms with Crippen molar-refractivity contribution in [1.82, 2.24) is 0 Å². The Morgan fingerprint density at radius 1 is 1.07 bits per heavy atom. The van der Waals surface area contributed by atoms with Crippen LogP contribution in [0.15, 0.2) is 30.3 Å². The molecule has 0 aliphatic carbocycles. The molecule has 0 aromatic heterocycles. The summed E-state index contributed by atoms with van der Waals surface area (Å²) in [4.78, 5) is -0.235. The molecule has 0 unspecified atom stereocenters. The van der Waals surface area contributed by atoms with E-state index in [2.05, 4.69) is 0 Å².